The zero-order valence-corrected chi connectivity index (χ0v) is 13.7. The summed E-state index contributed by atoms with van der Waals surface area (Å²) in [5.74, 6) is 1.14. The molecule has 0 aliphatic carbocycles. The second kappa shape index (κ2) is 9.19. The van der Waals surface area contributed by atoms with Gasteiger partial charge >= 0.3 is 0 Å². The molecule has 1 fully saturated rings. The molecule has 1 aliphatic rings. The van der Waals surface area contributed by atoms with Crippen LogP contribution in [0.5, 0.6) is 0 Å². The van der Waals surface area contributed by atoms with E-state index in [1.807, 2.05) is 6.20 Å². The van der Waals surface area contributed by atoms with Crippen molar-refractivity contribution in [3.63, 3.8) is 0 Å². The second-order valence-electron chi connectivity index (χ2n) is 5.58. The van der Waals surface area contributed by atoms with Gasteiger partial charge in [0.1, 0.15) is 5.82 Å². The van der Waals surface area contributed by atoms with Gasteiger partial charge < -0.3 is 9.80 Å². The van der Waals surface area contributed by atoms with Gasteiger partial charge in [-0.25, -0.2) is 4.98 Å². The lowest BCUT2D eigenvalue weighted by Crippen LogP contribution is -2.38. The number of aryl methyl sites for hydroxylation is 1. The van der Waals surface area contributed by atoms with Crippen molar-refractivity contribution in [2.45, 2.75) is 39.5 Å². The largest absolute Gasteiger partial charge is 0.355 e. The van der Waals surface area contributed by atoms with Crippen molar-refractivity contribution >= 4 is 18.2 Å². The third-order valence-corrected chi connectivity index (χ3v) is 3.85. The normalized spacial score (nSPS) is 15.7. The summed E-state index contributed by atoms with van der Waals surface area (Å²) in [5.41, 5.74) is 1.30. The van der Waals surface area contributed by atoms with Crippen molar-refractivity contribution in [3.05, 3.63) is 23.9 Å². The van der Waals surface area contributed by atoms with Crippen molar-refractivity contribution in [3.8, 4) is 0 Å². The van der Waals surface area contributed by atoms with Gasteiger partial charge in [-0.2, -0.15) is 0 Å². The highest BCUT2D eigenvalue weighted by atomic mass is 35.5. The first-order valence-corrected chi connectivity index (χ1v) is 7.69. The minimum absolute atomic E-state index is 0. The van der Waals surface area contributed by atoms with E-state index in [-0.39, 0.29) is 12.4 Å². The van der Waals surface area contributed by atoms with Gasteiger partial charge in [0.25, 0.3) is 0 Å². The summed E-state index contributed by atoms with van der Waals surface area (Å²) in [5, 5.41) is 0. The molecular weight excluding hydrogens is 270 g/mol. The molecule has 114 valence electrons. The van der Waals surface area contributed by atoms with Gasteiger partial charge in [-0.1, -0.05) is 13.3 Å². The number of hydrogen-bond acceptors (Lipinski definition) is 3. The van der Waals surface area contributed by atoms with E-state index < -0.39 is 0 Å². The summed E-state index contributed by atoms with van der Waals surface area (Å²) in [4.78, 5) is 9.56. The van der Waals surface area contributed by atoms with E-state index in [0.29, 0.717) is 0 Å². The summed E-state index contributed by atoms with van der Waals surface area (Å²) in [6.45, 7) is 10.3. The number of likely N-dealkylation sites (tertiary alicyclic amines) is 1. The Morgan fingerprint density at radius 1 is 1.20 bits per heavy atom. The number of halogens is 1. The van der Waals surface area contributed by atoms with Crippen LogP contribution >= 0.6 is 12.4 Å². The highest BCUT2D eigenvalue weighted by Crippen LogP contribution is 2.14. The Labute approximate surface area is 129 Å². The van der Waals surface area contributed by atoms with Gasteiger partial charge in [0, 0.05) is 25.8 Å². The lowest BCUT2D eigenvalue weighted by atomic mass is 10.1. The zero-order chi connectivity index (χ0) is 13.5. The summed E-state index contributed by atoms with van der Waals surface area (Å²) >= 11 is 0. The van der Waals surface area contributed by atoms with Gasteiger partial charge in [-0.05, 0) is 57.0 Å². The quantitative estimate of drug-likeness (QED) is 0.801. The van der Waals surface area contributed by atoms with E-state index in [9.17, 15) is 0 Å². The fourth-order valence-electron chi connectivity index (χ4n) is 2.75. The molecule has 4 heteroatoms. The van der Waals surface area contributed by atoms with E-state index >= 15 is 0 Å². The number of piperidine rings is 1. The molecule has 0 saturated carbocycles. The molecule has 0 radical (unpaired) electrons. The molecule has 1 aliphatic heterocycles. The average molecular weight is 298 g/mol. The maximum absolute atomic E-state index is 4.53. The third-order valence-electron chi connectivity index (χ3n) is 3.85. The minimum Gasteiger partial charge on any atom is -0.355 e. The number of nitrogens with zero attached hydrogens (tertiary/aromatic N) is 3. The van der Waals surface area contributed by atoms with E-state index in [2.05, 4.69) is 40.8 Å². The first kappa shape index (κ1) is 17.3. The van der Waals surface area contributed by atoms with Crippen LogP contribution in [0.4, 0.5) is 5.82 Å². The molecule has 1 aromatic heterocycles. The molecule has 0 N–H and O–H groups in total. The Hall–Kier alpha value is -0.800. The molecule has 0 spiro atoms. The fraction of sp³-hybridized carbons (Fsp3) is 0.688. The molecule has 2 rings (SSSR count). The van der Waals surface area contributed by atoms with Crippen molar-refractivity contribution in [1.29, 1.82) is 0 Å². The standard InChI is InChI=1S/C16H27N3.ClH/c1-3-9-19(16-14-15(2)7-8-17-16)13-12-18-10-5-4-6-11-18;/h7-8,14H,3-6,9-13H2,1-2H3;1H. The molecule has 0 unspecified atom stereocenters. The predicted molar refractivity (Wildman–Crippen MR) is 89.0 cm³/mol. The highest BCUT2D eigenvalue weighted by Gasteiger charge is 2.12. The fourth-order valence-corrected chi connectivity index (χ4v) is 2.75. The van der Waals surface area contributed by atoms with Gasteiger partial charge in [-0.15, -0.1) is 12.4 Å². The topological polar surface area (TPSA) is 19.4 Å². The number of pyridine rings is 1. The molecular formula is C16H28ClN3. The van der Waals surface area contributed by atoms with E-state index in [1.165, 1.54) is 50.9 Å². The van der Waals surface area contributed by atoms with Crippen LogP contribution in [0.2, 0.25) is 0 Å². The van der Waals surface area contributed by atoms with Crippen LogP contribution in [0.3, 0.4) is 0 Å². The van der Waals surface area contributed by atoms with Gasteiger partial charge in [-0.3, -0.25) is 0 Å². The van der Waals surface area contributed by atoms with Crippen LogP contribution in [0.15, 0.2) is 18.3 Å². The van der Waals surface area contributed by atoms with Crippen LogP contribution in [-0.2, 0) is 0 Å². The first-order valence-electron chi connectivity index (χ1n) is 7.69. The number of aromatic nitrogens is 1. The van der Waals surface area contributed by atoms with E-state index in [4.69, 9.17) is 0 Å². The van der Waals surface area contributed by atoms with Gasteiger partial charge in [0.05, 0.1) is 0 Å². The maximum Gasteiger partial charge on any atom is 0.128 e. The molecule has 0 aromatic carbocycles. The van der Waals surface area contributed by atoms with Crippen LogP contribution in [0.25, 0.3) is 0 Å². The Morgan fingerprint density at radius 2 is 1.95 bits per heavy atom. The van der Waals surface area contributed by atoms with Gasteiger partial charge in [0.15, 0.2) is 0 Å². The molecule has 20 heavy (non-hydrogen) atoms. The first-order chi connectivity index (χ1) is 9.29. The molecule has 1 aromatic rings. The van der Waals surface area contributed by atoms with Crippen LogP contribution in [-0.4, -0.2) is 42.6 Å². The van der Waals surface area contributed by atoms with Crippen LogP contribution in [0.1, 0.15) is 38.2 Å². The Bertz CT molecular complexity index is 378. The van der Waals surface area contributed by atoms with Crippen LogP contribution in [0, 0.1) is 6.92 Å². The molecule has 0 bridgehead atoms. The van der Waals surface area contributed by atoms with Gasteiger partial charge in [0.2, 0.25) is 0 Å². The summed E-state index contributed by atoms with van der Waals surface area (Å²) in [6, 6.07) is 4.27. The lowest BCUT2D eigenvalue weighted by molar-refractivity contribution is 0.233. The molecule has 1 saturated heterocycles. The Morgan fingerprint density at radius 3 is 2.60 bits per heavy atom. The SMILES string of the molecule is CCCN(CCN1CCCCC1)c1cc(C)ccn1.Cl. The Kier molecular flexibility index (Phi) is 7.93. The molecule has 0 amide bonds. The van der Waals surface area contributed by atoms with E-state index in [0.717, 1.165) is 18.9 Å². The minimum atomic E-state index is 0. The second-order valence-corrected chi connectivity index (χ2v) is 5.58. The lowest BCUT2D eigenvalue weighted by Gasteiger charge is -2.30. The number of anilines is 1. The predicted octanol–water partition coefficient (Wildman–Crippen LogP) is 3.51. The Balaban J connectivity index is 0.00000200. The summed E-state index contributed by atoms with van der Waals surface area (Å²) in [6.07, 6.45) is 7.26. The van der Waals surface area contributed by atoms with Crippen LogP contribution < -0.4 is 4.90 Å². The monoisotopic (exact) mass is 297 g/mol. The maximum atomic E-state index is 4.53. The van der Waals surface area contributed by atoms with E-state index in [1.54, 1.807) is 0 Å². The molecule has 2 heterocycles. The smallest absolute Gasteiger partial charge is 0.128 e. The third kappa shape index (κ3) is 5.29. The highest BCUT2D eigenvalue weighted by molar-refractivity contribution is 5.85. The molecule has 3 nitrogen and oxygen atoms in total. The van der Waals surface area contributed by atoms with Crippen molar-refractivity contribution in [2.75, 3.05) is 37.6 Å². The van der Waals surface area contributed by atoms with Crippen molar-refractivity contribution in [1.82, 2.24) is 9.88 Å². The number of hydrogen-bond donors (Lipinski definition) is 0. The number of rotatable bonds is 6. The average Bonchev–Trinajstić information content (AvgIpc) is 2.44. The van der Waals surface area contributed by atoms with Crippen molar-refractivity contribution in [2.24, 2.45) is 0 Å². The summed E-state index contributed by atoms with van der Waals surface area (Å²) in [7, 11) is 0. The van der Waals surface area contributed by atoms with Crippen molar-refractivity contribution < 1.29 is 0 Å². The zero-order valence-electron chi connectivity index (χ0n) is 12.8. The molecule has 0 atom stereocenters. The summed E-state index contributed by atoms with van der Waals surface area (Å²) < 4.78 is 0.